The quantitative estimate of drug-likeness (QED) is 0.878. The van der Waals surface area contributed by atoms with Crippen LogP contribution in [0.25, 0.3) is 0 Å². The zero-order chi connectivity index (χ0) is 14.7. The van der Waals surface area contributed by atoms with E-state index in [4.69, 9.17) is 0 Å². The lowest BCUT2D eigenvalue weighted by Crippen LogP contribution is -2.09. The van der Waals surface area contributed by atoms with Crippen LogP contribution < -0.4 is 0 Å². The zero-order valence-corrected chi connectivity index (χ0v) is 12.8. The van der Waals surface area contributed by atoms with E-state index < -0.39 is 6.10 Å². The van der Waals surface area contributed by atoms with Gasteiger partial charge in [-0.2, -0.15) is 10.2 Å². The largest absolute Gasteiger partial charge is 0.388 e. The molecule has 0 saturated heterocycles. The second-order valence-electron chi connectivity index (χ2n) is 5.07. The number of aliphatic hydroxyl groups is 1. The van der Waals surface area contributed by atoms with Gasteiger partial charge in [-0.15, -0.1) is 0 Å². The first-order valence-electron chi connectivity index (χ1n) is 7.35. The third-order valence-electron chi connectivity index (χ3n) is 3.61. The van der Waals surface area contributed by atoms with E-state index in [0.717, 1.165) is 42.0 Å². The summed E-state index contributed by atoms with van der Waals surface area (Å²) in [6.45, 7) is 7.06. The van der Waals surface area contributed by atoms with Crippen LogP contribution in [0.15, 0.2) is 12.3 Å². The van der Waals surface area contributed by atoms with E-state index in [1.165, 1.54) is 0 Å². The molecule has 0 aliphatic rings. The van der Waals surface area contributed by atoms with Crippen LogP contribution in [0, 0.1) is 0 Å². The van der Waals surface area contributed by atoms with Gasteiger partial charge < -0.3 is 5.11 Å². The Morgan fingerprint density at radius 3 is 2.55 bits per heavy atom. The van der Waals surface area contributed by atoms with Crippen LogP contribution in [0.5, 0.6) is 0 Å². The highest BCUT2D eigenvalue weighted by Gasteiger charge is 2.18. The van der Waals surface area contributed by atoms with E-state index >= 15 is 0 Å². The second-order valence-corrected chi connectivity index (χ2v) is 5.07. The molecule has 0 amide bonds. The molecule has 20 heavy (non-hydrogen) atoms. The Bertz CT molecular complexity index is 570. The number of rotatable bonds is 6. The van der Waals surface area contributed by atoms with Gasteiger partial charge in [-0.3, -0.25) is 9.36 Å². The van der Waals surface area contributed by atoms with Gasteiger partial charge in [0.1, 0.15) is 0 Å². The maximum Gasteiger partial charge on any atom is 0.0878 e. The highest BCUT2D eigenvalue weighted by Crippen LogP contribution is 2.22. The minimum absolute atomic E-state index is 0.523. The summed E-state index contributed by atoms with van der Waals surface area (Å²) in [4.78, 5) is 0. The van der Waals surface area contributed by atoms with Crippen LogP contribution in [0.1, 0.15) is 49.5 Å². The lowest BCUT2D eigenvalue weighted by Gasteiger charge is -2.11. The van der Waals surface area contributed by atoms with Crippen LogP contribution in [-0.2, 0) is 32.9 Å². The summed E-state index contributed by atoms with van der Waals surface area (Å²) in [5.41, 5.74) is 4.06. The second kappa shape index (κ2) is 6.22. The molecule has 2 rings (SSSR count). The summed E-state index contributed by atoms with van der Waals surface area (Å²) in [5, 5.41) is 19.4. The fraction of sp³-hybridized carbons (Fsp3) is 0.600. The summed E-state index contributed by atoms with van der Waals surface area (Å²) in [6, 6.07) is 2.09. The molecule has 0 bridgehead atoms. The number of aliphatic hydroxyl groups excluding tert-OH is 1. The fourth-order valence-corrected chi connectivity index (χ4v) is 2.54. The highest BCUT2D eigenvalue weighted by atomic mass is 16.3. The molecule has 0 aliphatic carbocycles. The Kier molecular flexibility index (Phi) is 4.60. The van der Waals surface area contributed by atoms with Crippen LogP contribution in [0.2, 0.25) is 0 Å². The Morgan fingerprint density at radius 2 is 1.95 bits per heavy atom. The summed E-state index contributed by atoms with van der Waals surface area (Å²) >= 11 is 0. The van der Waals surface area contributed by atoms with Crippen LogP contribution in [0.4, 0.5) is 0 Å². The molecule has 0 aliphatic heterocycles. The van der Waals surface area contributed by atoms with Crippen LogP contribution in [-0.4, -0.2) is 24.7 Å². The Balaban J connectivity index is 2.22. The summed E-state index contributed by atoms with van der Waals surface area (Å²) in [6.07, 6.45) is 3.73. The summed E-state index contributed by atoms with van der Waals surface area (Å²) in [5.74, 6) is 0. The van der Waals surface area contributed by atoms with Gasteiger partial charge in [0.2, 0.25) is 0 Å². The normalized spacial score (nSPS) is 12.8. The van der Waals surface area contributed by atoms with E-state index in [-0.39, 0.29) is 0 Å². The van der Waals surface area contributed by atoms with Gasteiger partial charge in [0.25, 0.3) is 0 Å². The molecule has 0 aromatic carbocycles. The molecule has 5 nitrogen and oxygen atoms in total. The maximum atomic E-state index is 10.5. The van der Waals surface area contributed by atoms with Crippen molar-refractivity contribution in [3.05, 3.63) is 34.9 Å². The lowest BCUT2D eigenvalue weighted by atomic mass is 10.0. The summed E-state index contributed by atoms with van der Waals surface area (Å²) < 4.78 is 3.75. The molecule has 2 aromatic rings. The maximum absolute atomic E-state index is 10.5. The average molecular weight is 276 g/mol. The van der Waals surface area contributed by atoms with E-state index in [1.54, 1.807) is 4.68 Å². The third-order valence-corrected chi connectivity index (χ3v) is 3.61. The average Bonchev–Trinajstić information content (AvgIpc) is 3.01. The third kappa shape index (κ3) is 2.93. The highest BCUT2D eigenvalue weighted by molar-refractivity contribution is 5.22. The molecule has 2 heterocycles. The van der Waals surface area contributed by atoms with Crippen molar-refractivity contribution in [2.24, 2.45) is 7.05 Å². The van der Waals surface area contributed by atoms with Crippen molar-refractivity contribution in [1.82, 2.24) is 19.6 Å². The minimum atomic E-state index is -0.523. The SMILES string of the molecule is CCc1cc(CC(O)c2cn(C)nc2CC)n(CC)n1. The number of hydrogen-bond donors (Lipinski definition) is 1. The molecule has 0 saturated carbocycles. The van der Waals surface area contributed by atoms with Crippen molar-refractivity contribution in [2.45, 2.75) is 52.7 Å². The van der Waals surface area contributed by atoms with Gasteiger partial charge in [0.15, 0.2) is 0 Å². The zero-order valence-electron chi connectivity index (χ0n) is 12.8. The molecule has 110 valence electrons. The van der Waals surface area contributed by atoms with Crippen LogP contribution >= 0.6 is 0 Å². The molecule has 0 spiro atoms. The monoisotopic (exact) mass is 276 g/mol. The Hall–Kier alpha value is -1.62. The van der Waals surface area contributed by atoms with Gasteiger partial charge >= 0.3 is 0 Å². The molecular weight excluding hydrogens is 252 g/mol. The van der Waals surface area contributed by atoms with E-state index in [0.29, 0.717) is 6.42 Å². The van der Waals surface area contributed by atoms with E-state index in [1.807, 2.05) is 17.9 Å². The Labute approximate surface area is 120 Å². The first kappa shape index (κ1) is 14.8. The minimum Gasteiger partial charge on any atom is -0.388 e. The first-order valence-corrected chi connectivity index (χ1v) is 7.35. The van der Waals surface area contributed by atoms with Crippen molar-refractivity contribution in [3.63, 3.8) is 0 Å². The van der Waals surface area contributed by atoms with E-state index in [2.05, 4.69) is 37.0 Å². The molecule has 1 atom stereocenters. The molecule has 1 unspecified atom stereocenters. The molecular formula is C15H24N4O. The van der Waals surface area contributed by atoms with Gasteiger partial charge in [0.05, 0.1) is 17.5 Å². The number of hydrogen-bond acceptors (Lipinski definition) is 3. The molecule has 1 N–H and O–H groups in total. The van der Waals surface area contributed by atoms with Gasteiger partial charge in [0, 0.05) is 37.5 Å². The number of nitrogens with zero attached hydrogens (tertiary/aromatic N) is 4. The predicted octanol–water partition coefficient (Wildman–Crippen LogP) is 2.04. The molecule has 2 aromatic heterocycles. The van der Waals surface area contributed by atoms with Gasteiger partial charge in [-0.05, 0) is 25.8 Å². The van der Waals surface area contributed by atoms with Crippen molar-refractivity contribution in [2.75, 3.05) is 0 Å². The van der Waals surface area contributed by atoms with E-state index in [9.17, 15) is 5.11 Å². The fourth-order valence-electron chi connectivity index (χ4n) is 2.54. The van der Waals surface area contributed by atoms with Crippen molar-refractivity contribution >= 4 is 0 Å². The summed E-state index contributed by atoms with van der Waals surface area (Å²) in [7, 11) is 1.89. The van der Waals surface area contributed by atoms with Crippen molar-refractivity contribution in [1.29, 1.82) is 0 Å². The van der Waals surface area contributed by atoms with Crippen molar-refractivity contribution in [3.8, 4) is 0 Å². The number of aryl methyl sites for hydroxylation is 4. The van der Waals surface area contributed by atoms with Crippen LogP contribution in [0.3, 0.4) is 0 Å². The van der Waals surface area contributed by atoms with Gasteiger partial charge in [-0.25, -0.2) is 0 Å². The predicted molar refractivity (Wildman–Crippen MR) is 78.5 cm³/mol. The smallest absolute Gasteiger partial charge is 0.0878 e. The lowest BCUT2D eigenvalue weighted by molar-refractivity contribution is 0.174. The standard InChI is InChI=1S/C15H24N4O/c1-5-11-8-12(19(7-3)16-11)9-15(20)13-10-18(4)17-14(13)6-2/h8,10,15,20H,5-7,9H2,1-4H3. The first-order chi connectivity index (χ1) is 9.58. The van der Waals surface area contributed by atoms with Crippen molar-refractivity contribution < 1.29 is 5.11 Å². The molecule has 5 heteroatoms. The Morgan fingerprint density at radius 1 is 1.20 bits per heavy atom. The topological polar surface area (TPSA) is 55.9 Å². The number of aromatic nitrogens is 4. The van der Waals surface area contributed by atoms with Gasteiger partial charge in [-0.1, -0.05) is 13.8 Å². The molecule has 0 fully saturated rings. The molecule has 0 radical (unpaired) electrons.